The van der Waals surface area contributed by atoms with Gasteiger partial charge in [-0.15, -0.1) is 0 Å². The standard InChI is InChI=1S/C12H18N2O/c13-7-10-6-11(8-15)14-12(10)9-4-2-1-3-5-9/h8-12,14H,1-6H2. The Kier molecular flexibility index (Phi) is 3.37. The summed E-state index contributed by atoms with van der Waals surface area (Å²) in [6.07, 6.45) is 8.01. The van der Waals surface area contributed by atoms with Crippen molar-refractivity contribution in [3.63, 3.8) is 0 Å². The lowest BCUT2D eigenvalue weighted by Gasteiger charge is -2.29. The molecule has 0 aromatic heterocycles. The Bertz CT molecular complexity index is 265. The number of nitrogens with zero attached hydrogens (tertiary/aromatic N) is 1. The van der Waals surface area contributed by atoms with E-state index in [1.54, 1.807) is 0 Å². The van der Waals surface area contributed by atoms with Crippen molar-refractivity contribution in [3.8, 4) is 6.07 Å². The van der Waals surface area contributed by atoms with E-state index in [0.29, 0.717) is 12.3 Å². The Morgan fingerprint density at radius 2 is 2.00 bits per heavy atom. The molecule has 0 amide bonds. The number of nitrogens with one attached hydrogen (secondary N) is 1. The Morgan fingerprint density at radius 1 is 1.27 bits per heavy atom. The van der Waals surface area contributed by atoms with Crippen LogP contribution in [0, 0.1) is 23.2 Å². The Morgan fingerprint density at radius 3 is 2.60 bits per heavy atom. The first kappa shape index (κ1) is 10.6. The van der Waals surface area contributed by atoms with Gasteiger partial charge in [-0.25, -0.2) is 0 Å². The normalized spacial score (nSPS) is 37.4. The van der Waals surface area contributed by atoms with Crippen LogP contribution >= 0.6 is 0 Å². The maximum atomic E-state index is 10.7. The molecular formula is C12H18N2O. The van der Waals surface area contributed by atoms with Gasteiger partial charge in [0.2, 0.25) is 0 Å². The first-order chi connectivity index (χ1) is 7.35. The highest BCUT2D eigenvalue weighted by Crippen LogP contribution is 2.33. The van der Waals surface area contributed by atoms with Gasteiger partial charge in [-0.05, 0) is 25.2 Å². The zero-order valence-corrected chi connectivity index (χ0v) is 8.98. The SMILES string of the molecule is N#CC1CC(C=O)NC1C1CCCCC1. The molecule has 0 aromatic carbocycles. The number of nitriles is 1. The van der Waals surface area contributed by atoms with Gasteiger partial charge in [-0.1, -0.05) is 19.3 Å². The third-order valence-corrected chi connectivity index (χ3v) is 3.84. The zero-order chi connectivity index (χ0) is 10.7. The van der Waals surface area contributed by atoms with Gasteiger partial charge in [0.15, 0.2) is 0 Å². The summed E-state index contributed by atoms with van der Waals surface area (Å²) in [6, 6.07) is 2.54. The van der Waals surface area contributed by atoms with Gasteiger partial charge in [0, 0.05) is 6.04 Å². The highest BCUT2D eigenvalue weighted by molar-refractivity contribution is 5.58. The predicted molar refractivity (Wildman–Crippen MR) is 57.1 cm³/mol. The molecule has 0 spiro atoms. The molecule has 0 bridgehead atoms. The van der Waals surface area contributed by atoms with Crippen molar-refractivity contribution in [2.45, 2.75) is 50.6 Å². The molecule has 82 valence electrons. The fraction of sp³-hybridized carbons (Fsp3) is 0.833. The molecule has 2 aliphatic rings. The largest absolute Gasteiger partial charge is 0.303 e. The molecule has 1 N–H and O–H groups in total. The topological polar surface area (TPSA) is 52.9 Å². The van der Waals surface area contributed by atoms with Crippen LogP contribution in [0.25, 0.3) is 0 Å². The summed E-state index contributed by atoms with van der Waals surface area (Å²) in [5, 5.41) is 12.4. The van der Waals surface area contributed by atoms with E-state index < -0.39 is 0 Å². The van der Waals surface area contributed by atoms with Gasteiger partial charge in [0.05, 0.1) is 18.0 Å². The van der Waals surface area contributed by atoms with Crippen molar-refractivity contribution in [2.24, 2.45) is 11.8 Å². The van der Waals surface area contributed by atoms with Crippen LogP contribution in [0.3, 0.4) is 0 Å². The van der Waals surface area contributed by atoms with Gasteiger partial charge in [0.25, 0.3) is 0 Å². The Balaban J connectivity index is 2.00. The van der Waals surface area contributed by atoms with Crippen molar-refractivity contribution in [2.75, 3.05) is 0 Å². The monoisotopic (exact) mass is 206 g/mol. The van der Waals surface area contributed by atoms with Gasteiger partial charge in [-0.3, -0.25) is 0 Å². The highest BCUT2D eigenvalue weighted by Gasteiger charge is 2.38. The molecule has 3 nitrogen and oxygen atoms in total. The van der Waals surface area contributed by atoms with Gasteiger partial charge in [-0.2, -0.15) is 5.26 Å². The molecule has 3 heteroatoms. The van der Waals surface area contributed by atoms with Gasteiger partial charge < -0.3 is 10.1 Å². The van der Waals surface area contributed by atoms with E-state index in [1.807, 2.05) is 0 Å². The molecule has 2 rings (SSSR count). The number of rotatable bonds is 2. The van der Waals surface area contributed by atoms with Crippen LogP contribution in [0.5, 0.6) is 0 Å². The van der Waals surface area contributed by atoms with Crippen LogP contribution < -0.4 is 5.32 Å². The average Bonchev–Trinajstić information content (AvgIpc) is 2.73. The van der Waals surface area contributed by atoms with E-state index in [9.17, 15) is 4.79 Å². The molecule has 1 heterocycles. The Hall–Kier alpha value is -0.880. The zero-order valence-electron chi connectivity index (χ0n) is 8.98. The van der Waals surface area contributed by atoms with E-state index in [2.05, 4.69) is 11.4 Å². The quantitative estimate of drug-likeness (QED) is 0.699. The number of hydrogen-bond acceptors (Lipinski definition) is 3. The minimum Gasteiger partial charge on any atom is -0.303 e. The maximum absolute atomic E-state index is 10.7. The van der Waals surface area contributed by atoms with Crippen molar-refractivity contribution < 1.29 is 4.79 Å². The van der Waals surface area contributed by atoms with Crippen LogP contribution in [0.15, 0.2) is 0 Å². The lowest BCUT2D eigenvalue weighted by Crippen LogP contribution is -2.39. The summed E-state index contributed by atoms with van der Waals surface area (Å²) in [5.41, 5.74) is 0. The minimum absolute atomic E-state index is 0.0447. The predicted octanol–water partition coefficient (Wildman–Crippen LogP) is 1.64. The number of carbonyl (C=O) groups is 1. The summed E-state index contributed by atoms with van der Waals surface area (Å²) in [5.74, 6) is 0.664. The van der Waals surface area contributed by atoms with Crippen LogP contribution in [0.4, 0.5) is 0 Å². The van der Waals surface area contributed by atoms with Gasteiger partial charge >= 0.3 is 0 Å². The summed E-state index contributed by atoms with van der Waals surface area (Å²) in [7, 11) is 0. The van der Waals surface area contributed by atoms with Crippen molar-refractivity contribution in [3.05, 3.63) is 0 Å². The van der Waals surface area contributed by atoms with Crippen LogP contribution in [0.1, 0.15) is 38.5 Å². The second kappa shape index (κ2) is 4.76. The lowest BCUT2D eigenvalue weighted by molar-refractivity contribution is -0.109. The fourth-order valence-electron chi connectivity index (χ4n) is 3.04. The molecule has 0 aromatic rings. The third-order valence-electron chi connectivity index (χ3n) is 3.84. The van der Waals surface area contributed by atoms with Crippen molar-refractivity contribution in [1.29, 1.82) is 5.26 Å². The highest BCUT2D eigenvalue weighted by atomic mass is 16.1. The van der Waals surface area contributed by atoms with Crippen LogP contribution in [0.2, 0.25) is 0 Å². The second-order valence-corrected chi connectivity index (χ2v) is 4.80. The molecule has 1 saturated carbocycles. The average molecular weight is 206 g/mol. The van der Waals surface area contributed by atoms with Crippen molar-refractivity contribution >= 4 is 6.29 Å². The van der Waals surface area contributed by atoms with E-state index in [4.69, 9.17) is 5.26 Å². The maximum Gasteiger partial charge on any atom is 0.136 e. The van der Waals surface area contributed by atoms with E-state index >= 15 is 0 Å². The summed E-state index contributed by atoms with van der Waals surface area (Å²) >= 11 is 0. The third kappa shape index (κ3) is 2.21. The minimum atomic E-state index is -0.0819. The first-order valence-electron chi connectivity index (χ1n) is 5.96. The summed E-state index contributed by atoms with van der Waals surface area (Å²) in [4.78, 5) is 10.7. The smallest absolute Gasteiger partial charge is 0.136 e. The Labute approximate surface area is 90.8 Å². The lowest BCUT2D eigenvalue weighted by atomic mass is 9.80. The first-order valence-corrected chi connectivity index (χ1v) is 5.96. The number of carbonyl (C=O) groups excluding carboxylic acids is 1. The number of aldehydes is 1. The van der Waals surface area contributed by atoms with Crippen LogP contribution in [-0.4, -0.2) is 18.4 Å². The number of hydrogen-bond donors (Lipinski definition) is 1. The molecule has 3 unspecified atom stereocenters. The fourth-order valence-corrected chi connectivity index (χ4v) is 3.04. The summed E-state index contributed by atoms with van der Waals surface area (Å²) < 4.78 is 0. The second-order valence-electron chi connectivity index (χ2n) is 4.80. The molecule has 0 radical (unpaired) electrons. The summed E-state index contributed by atoms with van der Waals surface area (Å²) in [6.45, 7) is 0. The molecule has 15 heavy (non-hydrogen) atoms. The van der Waals surface area contributed by atoms with E-state index in [1.165, 1.54) is 32.1 Å². The molecule has 3 atom stereocenters. The van der Waals surface area contributed by atoms with E-state index in [0.717, 1.165) is 6.29 Å². The molecule has 1 saturated heterocycles. The van der Waals surface area contributed by atoms with Crippen LogP contribution in [-0.2, 0) is 4.79 Å². The van der Waals surface area contributed by atoms with Gasteiger partial charge in [0.1, 0.15) is 6.29 Å². The van der Waals surface area contributed by atoms with E-state index in [-0.39, 0.29) is 18.0 Å². The molecule has 2 fully saturated rings. The van der Waals surface area contributed by atoms with Crippen molar-refractivity contribution in [1.82, 2.24) is 5.32 Å². The molecule has 1 aliphatic carbocycles. The molecular weight excluding hydrogens is 188 g/mol. The molecule has 1 aliphatic heterocycles.